The second kappa shape index (κ2) is 13.4. The molecule has 0 saturated carbocycles. The zero-order valence-corrected chi connectivity index (χ0v) is 25.4. The van der Waals surface area contributed by atoms with E-state index in [2.05, 4.69) is 0 Å². The predicted octanol–water partition coefficient (Wildman–Crippen LogP) is 5.15. The van der Waals surface area contributed by atoms with Gasteiger partial charge in [0.2, 0.25) is 0 Å². The fraction of sp³-hybridized carbons (Fsp3) is 0.667. The van der Waals surface area contributed by atoms with Crippen LogP contribution in [0.5, 0.6) is 11.5 Å². The minimum absolute atomic E-state index is 0.0701. The fourth-order valence-electron chi connectivity index (χ4n) is 3.17. The number of carbonyl (C=O) groups excluding carboxylic acids is 4. The average molecular weight is 550 g/mol. The fourth-order valence-corrected chi connectivity index (χ4v) is 3.17. The molecule has 0 aliphatic carbocycles. The summed E-state index contributed by atoms with van der Waals surface area (Å²) in [6.07, 6.45) is -0.990. The van der Waals surface area contributed by atoms with Gasteiger partial charge in [-0.3, -0.25) is 19.2 Å². The van der Waals surface area contributed by atoms with E-state index in [0.717, 1.165) is 0 Å². The van der Waals surface area contributed by atoms with E-state index in [1.807, 2.05) is 41.5 Å². The quantitative estimate of drug-likeness (QED) is 0.311. The van der Waals surface area contributed by atoms with Crippen molar-refractivity contribution in [1.29, 1.82) is 0 Å². The van der Waals surface area contributed by atoms with E-state index in [0.29, 0.717) is 5.56 Å². The molecule has 220 valence electrons. The molecule has 0 aliphatic heterocycles. The number of nitrogens with two attached hydrogens (primary N) is 1. The first-order chi connectivity index (χ1) is 17.6. The Morgan fingerprint density at radius 3 is 1.67 bits per heavy atom. The highest BCUT2D eigenvalue weighted by Gasteiger charge is 2.29. The van der Waals surface area contributed by atoms with E-state index >= 15 is 0 Å². The van der Waals surface area contributed by atoms with E-state index in [4.69, 9.17) is 24.7 Å². The maximum atomic E-state index is 12.7. The summed E-state index contributed by atoms with van der Waals surface area (Å²) in [5, 5.41) is 0. The van der Waals surface area contributed by atoms with Gasteiger partial charge in [-0.1, -0.05) is 47.6 Å². The van der Waals surface area contributed by atoms with E-state index in [1.54, 1.807) is 40.7 Å². The monoisotopic (exact) mass is 549 g/mol. The average Bonchev–Trinajstić information content (AvgIpc) is 2.71. The summed E-state index contributed by atoms with van der Waals surface area (Å²) in [7, 11) is 0. The number of hydrogen-bond donors (Lipinski definition) is 1. The highest BCUT2D eigenvalue weighted by Crippen LogP contribution is 2.32. The van der Waals surface area contributed by atoms with Crippen LogP contribution in [-0.2, 0) is 35.1 Å². The summed E-state index contributed by atoms with van der Waals surface area (Å²) in [6, 6.07) is 3.66. The van der Waals surface area contributed by atoms with Gasteiger partial charge >= 0.3 is 23.9 Å². The molecule has 0 bridgehead atoms. The zero-order chi connectivity index (χ0) is 30.3. The van der Waals surface area contributed by atoms with Crippen LogP contribution < -0.4 is 15.2 Å². The Kier molecular flexibility index (Phi) is 11.7. The van der Waals surface area contributed by atoms with Gasteiger partial charge in [0.25, 0.3) is 0 Å². The van der Waals surface area contributed by atoms with Crippen LogP contribution in [0.25, 0.3) is 0 Å². The molecule has 0 radical (unpaired) electrons. The van der Waals surface area contributed by atoms with Gasteiger partial charge in [0, 0.05) is 0 Å². The van der Waals surface area contributed by atoms with Crippen molar-refractivity contribution in [2.24, 2.45) is 22.0 Å². The van der Waals surface area contributed by atoms with Gasteiger partial charge in [0.05, 0.1) is 18.3 Å². The molecule has 9 heteroatoms. The van der Waals surface area contributed by atoms with E-state index in [-0.39, 0.29) is 41.6 Å². The van der Waals surface area contributed by atoms with Crippen LogP contribution in [0.3, 0.4) is 0 Å². The molecule has 9 nitrogen and oxygen atoms in total. The van der Waals surface area contributed by atoms with Gasteiger partial charge in [-0.2, -0.15) is 0 Å². The second-order valence-corrected chi connectivity index (χ2v) is 13.5. The molecule has 1 aromatic carbocycles. The summed E-state index contributed by atoms with van der Waals surface area (Å²) < 4.78 is 21.9. The van der Waals surface area contributed by atoms with E-state index in [1.165, 1.54) is 12.1 Å². The molecule has 39 heavy (non-hydrogen) atoms. The lowest BCUT2D eigenvalue weighted by Gasteiger charge is -2.25. The van der Waals surface area contributed by atoms with Crippen LogP contribution in [0.1, 0.15) is 94.6 Å². The van der Waals surface area contributed by atoms with Crippen molar-refractivity contribution in [3.8, 4) is 11.5 Å². The molecule has 0 spiro atoms. The van der Waals surface area contributed by atoms with Gasteiger partial charge in [0.1, 0.15) is 18.2 Å². The van der Waals surface area contributed by atoms with Crippen LogP contribution >= 0.6 is 0 Å². The Morgan fingerprint density at radius 2 is 1.21 bits per heavy atom. The Balaban J connectivity index is 3.02. The summed E-state index contributed by atoms with van der Waals surface area (Å²) in [5.41, 5.74) is 5.42. The highest BCUT2D eigenvalue weighted by molar-refractivity contribution is 5.78. The number of rotatable bonds is 10. The van der Waals surface area contributed by atoms with Crippen LogP contribution in [0.4, 0.5) is 0 Å². The largest absolute Gasteiger partial charge is 0.458 e. The topological polar surface area (TPSA) is 131 Å². The predicted molar refractivity (Wildman–Crippen MR) is 148 cm³/mol. The third-order valence-electron chi connectivity index (χ3n) is 5.43. The van der Waals surface area contributed by atoms with Gasteiger partial charge in [-0.15, -0.1) is 0 Å². The number of benzene rings is 1. The summed E-state index contributed by atoms with van der Waals surface area (Å²) in [4.78, 5) is 49.8. The Morgan fingerprint density at radius 1 is 0.744 bits per heavy atom. The highest BCUT2D eigenvalue weighted by atomic mass is 16.6. The molecule has 2 N–H and O–H groups in total. The number of ether oxygens (including phenoxy) is 4. The van der Waals surface area contributed by atoms with Gasteiger partial charge in [-0.05, 0) is 69.6 Å². The van der Waals surface area contributed by atoms with Crippen molar-refractivity contribution in [3.63, 3.8) is 0 Å². The maximum Gasteiger partial charge on any atom is 0.323 e. The normalized spacial score (nSPS) is 14.6. The van der Waals surface area contributed by atoms with Crippen molar-refractivity contribution in [2.45, 2.75) is 114 Å². The van der Waals surface area contributed by atoms with Crippen LogP contribution in [0.2, 0.25) is 0 Å². The minimum atomic E-state index is -1.04. The summed E-state index contributed by atoms with van der Waals surface area (Å²) >= 11 is 0. The molecule has 0 unspecified atom stereocenters. The van der Waals surface area contributed by atoms with Crippen LogP contribution in [-0.4, -0.2) is 42.1 Å². The van der Waals surface area contributed by atoms with Gasteiger partial charge in [-0.25, -0.2) is 0 Å². The van der Waals surface area contributed by atoms with E-state index in [9.17, 15) is 19.2 Å². The molecular weight excluding hydrogens is 502 g/mol. The smallest absolute Gasteiger partial charge is 0.323 e. The Labute approximate surface area is 233 Å². The lowest BCUT2D eigenvalue weighted by molar-refractivity contribution is -0.171. The second-order valence-electron chi connectivity index (χ2n) is 13.5. The van der Waals surface area contributed by atoms with Crippen LogP contribution in [0, 0.1) is 16.2 Å². The first-order valence-corrected chi connectivity index (χ1v) is 13.3. The lowest BCUT2D eigenvalue weighted by atomic mass is 9.92. The molecular formula is C30H47NO8. The first kappa shape index (κ1) is 34.1. The molecule has 0 aliphatic rings. The molecule has 0 heterocycles. The molecule has 1 aromatic rings. The molecule has 0 saturated heterocycles. The third-order valence-corrected chi connectivity index (χ3v) is 5.43. The molecule has 0 amide bonds. The lowest BCUT2D eigenvalue weighted by Crippen LogP contribution is -2.40. The van der Waals surface area contributed by atoms with Crippen molar-refractivity contribution >= 4 is 23.9 Å². The summed E-state index contributed by atoms with van der Waals surface area (Å²) in [5.74, 6) is -1.84. The molecule has 0 aromatic heterocycles. The molecule has 1 rings (SSSR count). The van der Waals surface area contributed by atoms with Gasteiger partial charge in [0.15, 0.2) is 11.5 Å². The Bertz CT molecular complexity index is 1030. The SMILES string of the molecule is C[C@H](OC(=O)[C@@H](N)Cc1ccc(OC(=O)CC(C)(C)C)c(OC(=O)CC(C)(C)C)c1)[C@H](C)OC(=O)C(C)(C)C. The standard InChI is InChI=1S/C30H47NO8/c1-18(19(2)37-27(35)30(9,10)11)36-26(34)21(31)14-20-12-13-22(38-24(32)16-28(3,4)5)23(15-20)39-25(33)17-29(6,7)8/h12-13,15,18-19,21H,14,16-17,31H2,1-11H3/t18-,19-,21-/m0/s1. The van der Waals surface area contributed by atoms with Crippen molar-refractivity contribution in [1.82, 2.24) is 0 Å². The number of hydrogen-bond acceptors (Lipinski definition) is 9. The number of esters is 4. The maximum absolute atomic E-state index is 12.7. The first-order valence-electron chi connectivity index (χ1n) is 13.3. The van der Waals surface area contributed by atoms with Crippen molar-refractivity contribution in [3.05, 3.63) is 23.8 Å². The minimum Gasteiger partial charge on any atom is -0.458 e. The molecule has 0 fully saturated rings. The Hall–Kier alpha value is -2.94. The summed E-state index contributed by atoms with van der Waals surface area (Å²) in [6.45, 7) is 19.9. The van der Waals surface area contributed by atoms with E-state index < -0.39 is 47.5 Å². The number of carbonyl (C=O) groups is 4. The molecule has 3 atom stereocenters. The van der Waals surface area contributed by atoms with Crippen LogP contribution in [0.15, 0.2) is 18.2 Å². The zero-order valence-electron chi connectivity index (χ0n) is 25.4. The van der Waals surface area contributed by atoms with Gasteiger partial charge < -0.3 is 24.7 Å². The van der Waals surface area contributed by atoms with Crippen molar-refractivity contribution < 1.29 is 38.1 Å². The van der Waals surface area contributed by atoms with Crippen molar-refractivity contribution in [2.75, 3.05) is 0 Å². The third kappa shape index (κ3) is 13.1.